The van der Waals surface area contributed by atoms with Crippen molar-refractivity contribution >= 4 is 5.69 Å². The Kier molecular flexibility index (Phi) is 7.49. The normalized spacial score (nSPS) is 11.7. The van der Waals surface area contributed by atoms with Crippen molar-refractivity contribution in [2.45, 2.75) is 13.1 Å². The predicted octanol–water partition coefficient (Wildman–Crippen LogP) is 2.42. The Morgan fingerprint density at radius 3 is 2.38 bits per heavy atom. The van der Waals surface area contributed by atoms with E-state index in [0.717, 1.165) is 6.07 Å². The topological polar surface area (TPSA) is 56.5 Å². The lowest BCUT2D eigenvalue weighted by Crippen LogP contribution is -2.17. The Hall–Kier alpha value is -1.31. The van der Waals surface area contributed by atoms with Crippen molar-refractivity contribution in [2.24, 2.45) is 5.73 Å². The minimum atomic E-state index is -4.37. The van der Waals surface area contributed by atoms with E-state index in [0.29, 0.717) is 45.1 Å². The molecule has 0 spiro atoms. The van der Waals surface area contributed by atoms with Gasteiger partial charge in [0.25, 0.3) is 0 Å². The molecule has 4 nitrogen and oxygen atoms in total. The zero-order chi connectivity index (χ0) is 15.7. The second kappa shape index (κ2) is 8.86. The van der Waals surface area contributed by atoms with Crippen molar-refractivity contribution in [2.75, 3.05) is 44.8 Å². The van der Waals surface area contributed by atoms with E-state index >= 15 is 0 Å². The van der Waals surface area contributed by atoms with Crippen LogP contribution < -0.4 is 11.1 Å². The zero-order valence-corrected chi connectivity index (χ0v) is 12.0. The molecular weight excluding hydrogens is 285 g/mol. The Morgan fingerprint density at radius 1 is 1.10 bits per heavy atom. The van der Waals surface area contributed by atoms with Crippen molar-refractivity contribution < 1.29 is 22.6 Å². The molecule has 120 valence electrons. The van der Waals surface area contributed by atoms with Crippen molar-refractivity contribution in [3.8, 4) is 0 Å². The van der Waals surface area contributed by atoms with Crippen molar-refractivity contribution in [3.63, 3.8) is 0 Å². The van der Waals surface area contributed by atoms with Crippen LogP contribution in [0.4, 0.5) is 18.9 Å². The second-order valence-corrected chi connectivity index (χ2v) is 4.49. The number of alkyl halides is 3. The van der Waals surface area contributed by atoms with Crippen LogP contribution in [0, 0.1) is 6.92 Å². The van der Waals surface area contributed by atoms with E-state index < -0.39 is 11.7 Å². The quantitative estimate of drug-likeness (QED) is 0.688. The summed E-state index contributed by atoms with van der Waals surface area (Å²) in [6.07, 6.45) is -4.37. The highest BCUT2D eigenvalue weighted by Crippen LogP contribution is 2.35. The molecule has 0 fully saturated rings. The van der Waals surface area contributed by atoms with Gasteiger partial charge in [0.2, 0.25) is 0 Å². The van der Waals surface area contributed by atoms with E-state index in [2.05, 4.69) is 5.32 Å². The number of anilines is 1. The Morgan fingerprint density at radius 2 is 1.76 bits per heavy atom. The first kappa shape index (κ1) is 17.7. The second-order valence-electron chi connectivity index (χ2n) is 4.49. The van der Waals surface area contributed by atoms with Gasteiger partial charge in [0.15, 0.2) is 0 Å². The molecule has 0 aliphatic heterocycles. The highest BCUT2D eigenvalue weighted by Gasteiger charge is 2.33. The molecule has 0 aliphatic carbocycles. The fourth-order valence-electron chi connectivity index (χ4n) is 1.71. The molecule has 0 unspecified atom stereocenters. The van der Waals surface area contributed by atoms with Crippen molar-refractivity contribution in [1.29, 1.82) is 0 Å². The number of aryl methyl sites for hydroxylation is 1. The van der Waals surface area contributed by atoms with Crippen LogP contribution in [0.2, 0.25) is 0 Å². The van der Waals surface area contributed by atoms with Crippen LogP contribution in [-0.4, -0.2) is 39.5 Å². The zero-order valence-electron chi connectivity index (χ0n) is 12.0. The van der Waals surface area contributed by atoms with Gasteiger partial charge in [-0.2, -0.15) is 13.2 Å². The Bertz CT molecular complexity index is 425. The summed E-state index contributed by atoms with van der Waals surface area (Å²) in [5, 5.41) is 2.74. The van der Waals surface area contributed by atoms with Crippen LogP contribution in [0.1, 0.15) is 11.1 Å². The molecule has 0 bridgehead atoms. The fourth-order valence-corrected chi connectivity index (χ4v) is 1.71. The largest absolute Gasteiger partial charge is 0.418 e. The van der Waals surface area contributed by atoms with Gasteiger partial charge in [0.1, 0.15) is 0 Å². The summed E-state index contributed by atoms with van der Waals surface area (Å²) in [4.78, 5) is 0. The summed E-state index contributed by atoms with van der Waals surface area (Å²) >= 11 is 0. The van der Waals surface area contributed by atoms with Crippen LogP contribution in [0.3, 0.4) is 0 Å². The molecule has 1 aromatic rings. The van der Waals surface area contributed by atoms with Crippen LogP contribution in [0.5, 0.6) is 0 Å². The number of nitrogens with two attached hydrogens (primary N) is 1. The molecule has 0 atom stereocenters. The van der Waals surface area contributed by atoms with E-state index in [9.17, 15) is 13.2 Å². The lowest BCUT2D eigenvalue weighted by molar-refractivity contribution is -0.137. The van der Waals surface area contributed by atoms with Gasteiger partial charge in [0, 0.05) is 18.8 Å². The predicted molar refractivity (Wildman–Crippen MR) is 75.4 cm³/mol. The van der Waals surface area contributed by atoms with Gasteiger partial charge < -0.3 is 20.5 Å². The molecule has 21 heavy (non-hydrogen) atoms. The molecule has 1 rings (SSSR count). The molecule has 0 saturated heterocycles. The number of ether oxygens (including phenoxy) is 2. The Balaban J connectivity index is 2.35. The van der Waals surface area contributed by atoms with Gasteiger partial charge in [-0.1, -0.05) is 11.6 Å². The first-order valence-electron chi connectivity index (χ1n) is 6.72. The highest BCUT2D eigenvalue weighted by atomic mass is 19.4. The summed E-state index contributed by atoms with van der Waals surface area (Å²) in [6, 6.07) is 4.20. The Labute approximate surface area is 122 Å². The standard InChI is InChI=1S/C14H21F3N2O2/c1-11-2-3-13(12(10-11)14(15,16)17)19-5-7-21-9-8-20-6-4-18/h2-3,10,19H,4-9,18H2,1H3. The molecule has 0 amide bonds. The minimum absolute atomic E-state index is 0.0658. The first-order chi connectivity index (χ1) is 9.95. The highest BCUT2D eigenvalue weighted by molar-refractivity contribution is 5.54. The molecular formula is C14H21F3N2O2. The number of halogens is 3. The molecule has 3 N–H and O–H groups in total. The average molecular weight is 306 g/mol. The fraction of sp³-hybridized carbons (Fsp3) is 0.571. The summed E-state index contributed by atoms with van der Waals surface area (Å²) < 4.78 is 49.0. The maximum Gasteiger partial charge on any atom is 0.418 e. The van der Waals surface area contributed by atoms with Gasteiger partial charge in [-0.25, -0.2) is 0 Å². The maximum absolute atomic E-state index is 12.9. The van der Waals surface area contributed by atoms with E-state index in [1.807, 2.05) is 0 Å². The van der Waals surface area contributed by atoms with Gasteiger partial charge in [-0.3, -0.25) is 0 Å². The van der Waals surface area contributed by atoms with Crippen molar-refractivity contribution in [1.82, 2.24) is 0 Å². The number of nitrogens with one attached hydrogen (secondary N) is 1. The average Bonchev–Trinajstić information content (AvgIpc) is 2.42. The minimum Gasteiger partial charge on any atom is -0.382 e. The number of benzene rings is 1. The first-order valence-corrected chi connectivity index (χ1v) is 6.72. The summed E-state index contributed by atoms with van der Waals surface area (Å²) in [6.45, 7) is 3.97. The van der Waals surface area contributed by atoms with E-state index in [1.165, 1.54) is 6.07 Å². The van der Waals surface area contributed by atoms with Gasteiger partial charge in [-0.15, -0.1) is 0 Å². The molecule has 0 aliphatic rings. The SMILES string of the molecule is Cc1ccc(NCCOCCOCCN)c(C(F)(F)F)c1. The van der Waals surface area contributed by atoms with Gasteiger partial charge >= 0.3 is 6.18 Å². The summed E-state index contributed by atoms with van der Waals surface area (Å²) in [7, 11) is 0. The van der Waals surface area contributed by atoms with Gasteiger partial charge in [0.05, 0.1) is 32.0 Å². The third kappa shape index (κ3) is 6.79. The molecule has 0 saturated carbocycles. The number of hydrogen-bond acceptors (Lipinski definition) is 4. The lowest BCUT2D eigenvalue weighted by Gasteiger charge is -2.15. The van der Waals surface area contributed by atoms with Crippen LogP contribution in [0.15, 0.2) is 18.2 Å². The molecule has 0 aromatic heterocycles. The summed E-state index contributed by atoms with van der Waals surface area (Å²) in [5.41, 5.74) is 5.23. The summed E-state index contributed by atoms with van der Waals surface area (Å²) in [5.74, 6) is 0. The molecule has 0 radical (unpaired) electrons. The monoisotopic (exact) mass is 306 g/mol. The molecule has 1 aromatic carbocycles. The van der Waals surface area contributed by atoms with Gasteiger partial charge in [-0.05, 0) is 19.1 Å². The third-order valence-electron chi connectivity index (χ3n) is 2.68. The smallest absolute Gasteiger partial charge is 0.382 e. The molecule has 0 heterocycles. The number of hydrogen-bond donors (Lipinski definition) is 2. The molecule has 7 heteroatoms. The third-order valence-corrected chi connectivity index (χ3v) is 2.68. The van der Waals surface area contributed by atoms with E-state index in [1.54, 1.807) is 13.0 Å². The van der Waals surface area contributed by atoms with Crippen molar-refractivity contribution in [3.05, 3.63) is 29.3 Å². The van der Waals surface area contributed by atoms with Crippen LogP contribution in [0.25, 0.3) is 0 Å². The van der Waals surface area contributed by atoms with Crippen LogP contribution in [-0.2, 0) is 15.7 Å². The van der Waals surface area contributed by atoms with E-state index in [-0.39, 0.29) is 5.69 Å². The van der Waals surface area contributed by atoms with Crippen LogP contribution >= 0.6 is 0 Å². The maximum atomic E-state index is 12.9. The van der Waals surface area contributed by atoms with E-state index in [4.69, 9.17) is 15.2 Å². The lowest BCUT2D eigenvalue weighted by atomic mass is 10.1. The number of rotatable bonds is 9.